The molecular weight excluding hydrogens is 260 g/mol. The van der Waals surface area contributed by atoms with Gasteiger partial charge in [0.15, 0.2) is 0 Å². The van der Waals surface area contributed by atoms with Crippen LogP contribution in [0.5, 0.6) is 5.75 Å². The third-order valence-corrected chi connectivity index (χ3v) is 3.43. The molecule has 0 aromatic heterocycles. The molecule has 1 atom stereocenters. The summed E-state index contributed by atoms with van der Waals surface area (Å²) in [7, 11) is 0. The van der Waals surface area contributed by atoms with Crippen LogP contribution < -0.4 is 4.74 Å². The number of hydrogen-bond donors (Lipinski definition) is 1. The van der Waals surface area contributed by atoms with E-state index >= 15 is 0 Å². The number of hydrogen-bond acceptors (Lipinski definition) is 2. The molecule has 0 saturated heterocycles. The Labute approximate surface area is 127 Å². The minimum atomic E-state index is -0.500. The molecule has 2 aromatic carbocycles. The molecule has 0 amide bonds. The number of aliphatic hydroxyl groups is 1. The Morgan fingerprint density at radius 1 is 1.05 bits per heavy atom. The summed E-state index contributed by atoms with van der Waals surface area (Å²) in [5.41, 5.74) is 3.39. The van der Waals surface area contributed by atoms with Crippen molar-refractivity contribution >= 4 is 0 Å². The Morgan fingerprint density at radius 3 is 2.52 bits per heavy atom. The van der Waals surface area contributed by atoms with Crippen LogP contribution in [-0.2, 0) is 6.42 Å². The first-order chi connectivity index (χ1) is 10.1. The molecule has 2 aromatic rings. The maximum atomic E-state index is 10.5. The lowest BCUT2D eigenvalue weighted by molar-refractivity contribution is 0.157. The standard InChI is InChI=1S/C19H24O2/c1-14(2)21-19-10-5-4-9-17(19)18(20)12-11-16-8-6-7-15(3)13-16/h4-10,13-14,18,20H,11-12H2,1-3H3. The maximum absolute atomic E-state index is 10.5. The molecule has 1 N–H and O–H groups in total. The van der Waals surface area contributed by atoms with Crippen molar-refractivity contribution in [3.63, 3.8) is 0 Å². The third kappa shape index (κ3) is 4.61. The van der Waals surface area contributed by atoms with Gasteiger partial charge in [-0.25, -0.2) is 0 Å². The van der Waals surface area contributed by atoms with Crippen LogP contribution in [0.15, 0.2) is 48.5 Å². The van der Waals surface area contributed by atoms with Crippen LogP contribution in [0.4, 0.5) is 0 Å². The van der Waals surface area contributed by atoms with Crippen LogP contribution in [0.25, 0.3) is 0 Å². The number of ether oxygens (including phenoxy) is 1. The fraction of sp³-hybridized carbons (Fsp3) is 0.368. The van der Waals surface area contributed by atoms with Crippen LogP contribution >= 0.6 is 0 Å². The molecule has 0 fully saturated rings. The van der Waals surface area contributed by atoms with Gasteiger partial charge in [0.05, 0.1) is 12.2 Å². The van der Waals surface area contributed by atoms with Gasteiger partial charge in [0.25, 0.3) is 0 Å². The van der Waals surface area contributed by atoms with Gasteiger partial charge in [-0.05, 0) is 45.2 Å². The molecule has 0 bridgehead atoms. The van der Waals surface area contributed by atoms with E-state index in [-0.39, 0.29) is 6.10 Å². The summed E-state index contributed by atoms with van der Waals surface area (Å²) in [5, 5.41) is 10.5. The van der Waals surface area contributed by atoms with E-state index in [2.05, 4.69) is 31.2 Å². The van der Waals surface area contributed by atoms with Crippen molar-refractivity contribution in [1.29, 1.82) is 0 Å². The number of benzene rings is 2. The van der Waals surface area contributed by atoms with Gasteiger partial charge in [0, 0.05) is 5.56 Å². The van der Waals surface area contributed by atoms with Gasteiger partial charge in [0.1, 0.15) is 5.75 Å². The molecule has 2 heteroatoms. The van der Waals surface area contributed by atoms with Gasteiger partial charge < -0.3 is 9.84 Å². The molecule has 2 rings (SSSR count). The van der Waals surface area contributed by atoms with Crippen molar-refractivity contribution < 1.29 is 9.84 Å². The number of aryl methyl sites for hydroxylation is 2. The van der Waals surface area contributed by atoms with E-state index in [1.54, 1.807) is 0 Å². The third-order valence-electron chi connectivity index (χ3n) is 3.43. The largest absolute Gasteiger partial charge is 0.491 e. The molecule has 0 radical (unpaired) electrons. The van der Waals surface area contributed by atoms with E-state index in [1.165, 1.54) is 11.1 Å². The first-order valence-corrected chi connectivity index (χ1v) is 7.55. The molecule has 112 valence electrons. The molecule has 0 spiro atoms. The lowest BCUT2D eigenvalue weighted by Crippen LogP contribution is -2.09. The van der Waals surface area contributed by atoms with Gasteiger partial charge in [0.2, 0.25) is 0 Å². The van der Waals surface area contributed by atoms with Crippen molar-refractivity contribution in [2.45, 2.75) is 45.8 Å². The van der Waals surface area contributed by atoms with Crippen LogP contribution in [0, 0.1) is 6.92 Å². The first kappa shape index (κ1) is 15.6. The lowest BCUT2D eigenvalue weighted by Gasteiger charge is -2.18. The van der Waals surface area contributed by atoms with Crippen molar-refractivity contribution in [3.8, 4) is 5.75 Å². The number of aliphatic hydroxyl groups excluding tert-OH is 1. The summed E-state index contributed by atoms with van der Waals surface area (Å²) >= 11 is 0. The zero-order chi connectivity index (χ0) is 15.2. The Kier molecular flexibility index (Phi) is 5.40. The molecule has 2 nitrogen and oxygen atoms in total. The van der Waals surface area contributed by atoms with Gasteiger partial charge in [-0.15, -0.1) is 0 Å². The quantitative estimate of drug-likeness (QED) is 0.849. The van der Waals surface area contributed by atoms with E-state index in [1.807, 2.05) is 38.1 Å². The maximum Gasteiger partial charge on any atom is 0.125 e. The van der Waals surface area contributed by atoms with E-state index in [0.29, 0.717) is 6.42 Å². The molecule has 0 aliphatic carbocycles. The molecule has 1 unspecified atom stereocenters. The highest BCUT2D eigenvalue weighted by atomic mass is 16.5. The van der Waals surface area contributed by atoms with Crippen LogP contribution in [0.3, 0.4) is 0 Å². The summed E-state index contributed by atoms with van der Waals surface area (Å²) in [6.07, 6.45) is 1.16. The zero-order valence-corrected chi connectivity index (χ0v) is 13.0. The average molecular weight is 284 g/mol. The van der Waals surface area contributed by atoms with Crippen molar-refractivity contribution in [1.82, 2.24) is 0 Å². The summed E-state index contributed by atoms with van der Waals surface area (Å²) in [5.74, 6) is 0.782. The summed E-state index contributed by atoms with van der Waals surface area (Å²) in [6, 6.07) is 16.2. The second-order valence-electron chi connectivity index (χ2n) is 5.75. The molecule has 0 aliphatic heterocycles. The SMILES string of the molecule is Cc1cccc(CCC(O)c2ccccc2OC(C)C)c1. The fourth-order valence-electron chi connectivity index (χ4n) is 2.44. The number of rotatable bonds is 6. The summed E-state index contributed by atoms with van der Waals surface area (Å²) in [4.78, 5) is 0. The molecule has 0 aliphatic rings. The summed E-state index contributed by atoms with van der Waals surface area (Å²) < 4.78 is 5.78. The van der Waals surface area contributed by atoms with Crippen LogP contribution in [0.1, 0.15) is 43.1 Å². The first-order valence-electron chi connectivity index (χ1n) is 7.55. The molecule has 21 heavy (non-hydrogen) atoms. The Hall–Kier alpha value is -1.80. The van der Waals surface area contributed by atoms with Gasteiger partial charge in [-0.1, -0.05) is 48.0 Å². The van der Waals surface area contributed by atoms with Crippen LogP contribution in [0.2, 0.25) is 0 Å². The Bertz CT molecular complexity index is 575. The minimum absolute atomic E-state index is 0.107. The monoisotopic (exact) mass is 284 g/mol. The smallest absolute Gasteiger partial charge is 0.125 e. The van der Waals surface area contributed by atoms with Crippen molar-refractivity contribution in [3.05, 3.63) is 65.2 Å². The van der Waals surface area contributed by atoms with Gasteiger partial charge >= 0.3 is 0 Å². The molecule has 0 saturated carbocycles. The highest BCUT2D eigenvalue weighted by molar-refractivity contribution is 5.35. The Morgan fingerprint density at radius 2 is 1.81 bits per heavy atom. The predicted molar refractivity (Wildman–Crippen MR) is 86.7 cm³/mol. The van der Waals surface area contributed by atoms with E-state index in [4.69, 9.17) is 4.74 Å². The molecule has 0 heterocycles. The average Bonchev–Trinajstić information content (AvgIpc) is 2.45. The van der Waals surface area contributed by atoms with E-state index in [0.717, 1.165) is 17.7 Å². The van der Waals surface area contributed by atoms with Gasteiger partial charge in [-0.3, -0.25) is 0 Å². The second-order valence-corrected chi connectivity index (χ2v) is 5.75. The lowest BCUT2D eigenvalue weighted by atomic mass is 10.00. The van der Waals surface area contributed by atoms with Gasteiger partial charge in [-0.2, -0.15) is 0 Å². The van der Waals surface area contributed by atoms with Crippen LogP contribution in [-0.4, -0.2) is 11.2 Å². The van der Waals surface area contributed by atoms with E-state index < -0.39 is 6.10 Å². The normalized spacial score (nSPS) is 12.4. The Balaban J connectivity index is 2.04. The predicted octanol–water partition coefficient (Wildman–Crippen LogP) is 4.45. The molecular formula is C19H24O2. The minimum Gasteiger partial charge on any atom is -0.491 e. The topological polar surface area (TPSA) is 29.5 Å². The zero-order valence-electron chi connectivity index (χ0n) is 13.0. The van der Waals surface area contributed by atoms with Crippen molar-refractivity contribution in [2.24, 2.45) is 0 Å². The van der Waals surface area contributed by atoms with Crippen molar-refractivity contribution in [2.75, 3.05) is 0 Å². The highest BCUT2D eigenvalue weighted by Gasteiger charge is 2.14. The second kappa shape index (κ2) is 7.28. The van der Waals surface area contributed by atoms with E-state index in [9.17, 15) is 5.11 Å². The highest BCUT2D eigenvalue weighted by Crippen LogP contribution is 2.28. The summed E-state index contributed by atoms with van der Waals surface area (Å²) in [6.45, 7) is 6.08. The number of para-hydroxylation sites is 1. The fourth-order valence-corrected chi connectivity index (χ4v) is 2.44.